The van der Waals surface area contributed by atoms with Crippen molar-refractivity contribution in [1.29, 1.82) is 0 Å². The summed E-state index contributed by atoms with van der Waals surface area (Å²) in [5.74, 6) is 2.01. The molecule has 0 aromatic carbocycles. The zero-order valence-electron chi connectivity index (χ0n) is 10.5. The maximum atomic E-state index is 12.1. The van der Waals surface area contributed by atoms with Gasteiger partial charge in [0, 0.05) is 5.56 Å². The molecule has 2 aromatic heterocycles. The van der Waals surface area contributed by atoms with Crippen LogP contribution < -0.4 is 5.56 Å². The fourth-order valence-corrected chi connectivity index (χ4v) is 2.46. The van der Waals surface area contributed by atoms with Gasteiger partial charge in [-0.3, -0.25) is 4.79 Å². The van der Waals surface area contributed by atoms with Crippen LogP contribution in [-0.2, 0) is 12.8 Å². The average molecular weight is 244 g/mol. The molecule has 0 fully saturated rings. The number of fused-ring (bicyclic) bond motifs is 1. The molecule has 0 bridgehead atoms. The second kappa shape index (κ2) is 4.44. The Labute approximate surface area is 105 Å². The smallest absolute Gasteiger partial charge is 0.254 e. The average Bonchev–Trinajstić information content (AvgIpc) is 2.63. The summed E-state index contributed by atoms with van der Waals surface area (Å²) in [4.78, 5) is 19.5. The van der Waals surface area contributed by atoms with Gasteiger partial charge in [-0.05, 0) is 44.7 Å². The lowest BCUT2D eigenvalue weighted by Crippen LogP contribution is -2.17. The number of rotatable bonds is 1. The van der Waals surface area contributed by atoms with Gasteiger partial charge in [0.05, 0.1) is 5.69 Å². The van der Waals surface area contributed by atoms with Gasteiger partial charge in [0.2, 0.25) is 0 Å². The van der Waals surface area contributed by atoms with Gasteiger partial charge in [-0.15, -0.1) is 0 Å². The normalized spacial score (nSPS) is 15.2. The summed E-state index contributed by atoms with van der Waals surface area (Å²) in [5, 5.41) is 0. The Morgan fingerprint density at radius 2 is 2.06 bits per heavy atom. The van der Waals surface area contributed by atoms with Gasteiger partial charge in [0.15, 0.2) is 11.6 Å². The maximum absolute atomic E-state index is 12.1. The van der Waals surface area contributed by atoms with E-state index in [1.807, 2.05) is 19.1 Å². The first-order chi connectivity index (χ1) is 8.74. The first kappa shape index (κ1) is 11.3. The van der Waals surface area contributed by atoms with Gasteiger partial charge in [0.1, 0.15) is 5.76 Å². The Kier molecular flexibility index (Phi) is 2.78. The number of aryl methyl sites for hydroxylation is 2. The number of hydrogen-bond acceptors (Lipinski definition) is 3. The molecule has 2 aromatic rings. The Balaban J connectivity index is 2.10. The molecular formula is C14H16N2O2. The van der Waals surface area contributed by atoms with Crippen molar-refractivity contribution in [3.05, 3.63) is 39.5 Å². The third-order valence-corrected chi connectivity index (χ3v) is 3.42. The van der Waals surface area contributed by atoms with E-state index in [-0.39, 0.29) is 5.56 Å². The lowest BCUT2D eigenvalue weighted by Gasteiger charge is -2.05. The number of aromatic amines is 1. The van der Waals surface area contributed by atoms with E-state index in [1.165, 1.54) is 6.42 Å². The molecule has 18 heavy (non-hydrogen) atoms. The minimum atomic E-state index is -0.00838. The molecule has 0 amide bonds. The fourth-order valence-electron chi connectivity index (χ4n) is 2.46. The van der Waals surface area contributed by atoms with Crippen molar-refractivity contribution < 1.29 is 4.42 Å². The van der Waals surface area contributed by atoms with E-state index >= 15 is 0 Å². The predicted molar refractivity (Wildman–Crippen MR) is 68.6 cm³/mol. The van der Waals surface area contributed by atoms with Crippen LogP contribution in [-0.4, -0.2) is 9.97 Å². The largest absolute Gasteiger partial charge is 0.458 e. The number of nitrogens with one attached hydrogen (secondary N) is 1. The fraction of sp³-hybridized carbons (Fsp3) is 0.429. The molecule has 0 aliphatic heterocycles. The molecule has 0 spiro atoms. The molecule has 0 unspecified atom stereocenters. The summed E-state index contributed by atoms with van der Waals surface area (Å²) in [6, 6.07) is 3.72. The standard InChI is InChI=1S/C14H16N2O2/c1-9-7-8-12(18-9)13-15-11-6-4-2-3-5-10(11)14(17)16-13/h7-8H,2-6H2,1H3,(H,15,16,17). The van der Waals surface area contributed by atoms with Crippen LogP contribution in [0.4, 0.5) is 0 Å². The van der Waals surface area contributed by atoms with Crippen LogP contribution >= 0.6 is 0 Å². The maximum Gasteiger partial charge on any atom is 0.254 e. The van der Waals surface area contributed by atoms with E-state index in [4.69, 9.17) is 4.42 Å². The molecule has 94 valence electrons. The molecule has 0 saturated carbocycles. The Morgan fingerprint density at radius 1 is 1.22 bits per heavy atom. The molecule has 0 saturated heterocycles. The topological polar surface area (TPSA) is 58.9 Å². The molecule has 0 atom stereocenters. The summed E-state index contributed by atoms with van der Waals surface area (Å²) in [6.07, 6.45) is 5.10. The number of hydrogen-bond donors (Lipinski definition) is 1. The van der Waals surface area contributed by atoms with Gasteiger partial charge in [-0.1, -0.05) is 6.42 Å². The summed E-state index contributed by atoms with van der Waals surface area (Å²) >= 11 is 0. The summed E-state index contributed by atoms with van der Waals surface area (Å²) in [6.45, 7) is 1.88. The van der Waals surface area contributed by atoms with E-state index in [9.17, 15) is 4.79 Å². The van der Waals surface area contributed by atoms with Crippen LogP contribution in [0, 0.1) is 6.92 Å². The van der Waals surface area contributed by atoms with E-state index in [2.05, 4.69) is 9.97 Å². The Hall–Kier alpha value is -1.84. The summed E-state index contributed by atoms with van der Waals surface area (Å²) in [5.41, 5.74) is 1.80. The Bertz CT molecular complexity index is 625. The first-order valence-electron chi connectivity index (χ1n) is 6.43. The number of aromatic nitrogens is 2. The van der Waals surface area contributed by atoms with Crippen molar-refractivity contribution in [2.75, 3.05) is 0 Å². The quantitative estimate of drug-likeness (QED) is 0.784. The number of nitrogens with zero attached hydrogens (tertiary/aromatic N) is 1. The van der Waals surface area contributed by atoms with Gasteiger partial charge in [-0.2, -0.15) is 0 Å². The number of furan rings is 1. The van der Waals surface area contributed by atoms with Crippen molar-refractivity contribution in [3.8, 4) is 11.6 Å². The molecular weight excluding hydrogens is 228 g/mol. The highest BCUT2D eigenvalue weighted by molar-refractivity contribution is 5.47. The highest BCUT2D eigenvalue weighted by atomic mass is 16.3. The lowest BCUT2D eigenvalue weighted by molar-refractivity contribution is 0.543. The van der Waals surface area contributed by atoms with E-state index < -0.39 is 0 Å². The zero-order valence-corrected chi connectivity index (χ0v) is 10.5. The van der Waals surface area contributed by atoms with Crippen molar-refractivity contribution in [2.24, 2.45) is 0 Å². The molecule has 1 N–H and O–H groups in total. The zero-order chi connectivity index (χ0) is 12.5. The van der Waals surface area contributed by atoms with Gasteiger partial charge < -0.3 is 9.40 Å². The van der Waals surface area contributed by atoms with Crippen molar-refractivity contribution >= 4 is 0 Å². The molecule has 3 rings (SSSR count). The van der Waals surface area contributed by atoms with Crippen LogP contribution in [0.15, 0.2) is 21.3 Å². The minimum Gasteiger partial charge on any atom is -0.458 e. The monoisotopic (exact) mass is 244 g/mol. The highest BCUT2D eigenvalue weighted by Crippen LogP contribution is 2.21. The van der Waals surface area contributed by atoms with E-state index in [0.717, 1.165) is 42.7 Å². The molecule has 1 aliphatic rings. The molecule has 4 nitrogen and oxygen atoms in total. The van der Waals surface area contributed by atoms with E-state index in [0.29, 0.717) is 11.6 Å². The lowest BCUT2D eigenvalue weighted by atomic mass is 10.1. The van der Waals surface area contributed by atoms with Gasteiger partial charge >= 0.3 is 0 Å². The molecule has 1 aliphatic carbocycles. The predicted octanol–water partition coefficient (Wildman–Crippen LogP) is 2.61. The summed E-state index contributed by atoms with van der Waals surface area (Å²) in [7, 11) is 0. The minimum absolute atomic E-state index is 0.00838. The Morgan fingerprint density at radius 3 is 2.83 bits per heavy atom. The van der Waals surface area contributed by atoms with Crippen LogP contribution in [0.2, 0.25) is 0 Å². The SMILES string of the molecule is Cc1ccc(-c2nc3c(c(=O)[nH]2)CCCCC3)o1. The van der Waals surface area contributed by atoms with Crippen LogP contribution in [0.1, 0.15) is 36.3 Å². The van der Waals surface area contributed by atoms with Crippen molar-refractivity contribution in [2.45, 2.75) is 39.0 Å². The molecule has 4 heteroatoms. The second-order valence-corrected chi connectivity index (χ2v) is 4.81. The van der Waals surface area contributed by atoms with Crippen molar-refractivity contribution in [3.63, 3.8) is 0 Å². The third kappa shape index (κ3) is 1.98. The van der Waals surface area contributed by atoms with Gasteiger partial charge in [0.25, 0.3) is 5.56 Å². The van der Waals surface area contributed by atoms with Crippen LogP contribution in [0.25, 0.3) is 11.6 Å². The van der Waals surface area contributed by atoms with E-state index in [1.54, 1.807) is 0 Å². The second-order valence-electron chi connectivity index (χ2n) is 4.81. The first-order valence-corrected chi connectivity index (χ1v) is 6.43. The van der Waals surface area contributed by atoms with Crippen LogP contribution in [0.3, 0.4) is 0 Å². The molecule has 2 heterocycles. The van der Waals surface area contributed by atoms with Crippen LogP contribution in [0.5, 0.6) is 0 Å². The number of H-pyrrole nitrogens is 1. The van der Waals surface area contributed by atoms with Crippen molar-refractivity contribution in [1.82, 2.24) is 9.97 Å². The molecule has 0 radical (unpaired) electrons. The summed E-state index contributed by atoms with van der Waals surface area (Å²) < 4.78 is 5.51. The third-order valence-electron chi connectivity index (χ3n) is 3.42. The van der Waals surface area contributed by atoms with Gasteiger partial charge in [-0.25, -0.2) is 4.98 Å². The highest BCUT2D eigenvalue weighted by Gasteiger charge is 2.16.